The summed E-state index contributed by atoms with van der Waals surface area (Å²) in [5.41, 5.74) is 30.3. The Hall–Kier alpha value is -12.9. The number of hydrogen-bond donors (Lipinski definition) is 0. The van der Waals surface area contributed by atoms with E-state index in [1.165, 1.54) is 32.8 Å². The second-order valence-electron chi connectivity index (χ2n) is 25.2. The standard InChI is InChI=1S/C88H60B2N8/c1-7-31-61(32-8-1)93(62-33-9-2-10-34-62)67-55-83-87-86(58-67)98(78-50-24-20-44-70(78)76-48-28-30-54-92-76)82-60-81-73(59-74(82)89(87)71-45-21-25-51-79(71)95(83)65-39-15-5-16-40-65)90-72-46-22-26-52-80(72)97(77-49-23-19-43-69(77)75-47-27-29-53-91-75)85-57-68(56-84(88(85)90)96(81)66-41-17-6-18-42-66)94(63-35-11-3-12-36-63)64-37-13-4-14-38-64/h1-60H. The van der Waals surface area contributed by atoms with Crippen molar-refractivity contribution in [3.8, 4) is 22.5 Å². The van der Waals surface area contributed by atoms with E-state index in [0.29, 0.717) is 0 Å². The van der Waals surface area contributed by atoms with E-state index in [9.17, 15) is 0 Å². The Balaban J connectivity index is 0.955. The number of rotatable bonds is 12. The zero-order chi connectivity index (χ0) is 64.6. The summed E-state index contributed by atoms with van der Waals surface area (Å²) in [4.78, 5) is 25.2. The summed E-state index contributed by atoms with van der Waals surface area (Å²) in [6, 6.07) is 129. The lowest BCUT2D eigenvalue weighted by atomic mass is 9.30. The van der Waals surface area contributed by atoms with E-state index in [4.69, 9.17) is 9.97 Å². The van der Waals surface area contributed by atoms with Crippen LogP contribution in [0.4, 0.5) is 102 Å². The number of nitrogens with zero attached hydrogens (tertiary/aromatic N) is 8. The highest BCUT2D eigenvalue weighted by Crippen LogP contribution is 2.54. The summed E-state index contributed by atoms with van der Waals surface area (Å²) in [5.74, 6) is 0. The quantitative estimate of drug-likeness (QED) is 0.112. The van der Waals surface area contributed by atoms with Crippen LogP contribution in [0.3, 0.4) is 0 Å². The van der Waals surface area contributed by atoms with Crippen LogP contribution in [0.25, 0.3) is 22.5 Å². The van der Waals surface area contributed by atoms with E-state index >= 15 is 0 Å². The van der Waals surface area contributed by atoms with Crippen molar-refractivity contribution < 1.29 is 0 Å². The van der Waals surface area contributed by atoms with Crippen molar-refractivity contribution >= 4 is 149 Å². The molecule has 0 saturated carbocycles. The van der Waals surface area contributed by atoms with Gasteiger partial charge in [-0.1, -0.05) is 200 Å². The topological polar surface area (TPSA) is 45.2 Å². The Bertz CT molecular complexity index is 5420. The van der Waals surface area contributed by atoms with Gasteiger partial charge in [-0.15, -0.1) is 0 Å². The highest BCUT2D eigenvalue weighted by molar-refractivity contribution is 7.03. The number of pyridine rings is 2. The van der Waals surface area contributed by atoms with Gasteiger partial charge in [-0.2, -0.15) is 0 Å². The van der Waals surface area contributed by atoms with Gasteiger partial charge in [0, 0.05) is 103 Å². The molecule has 2 aromatic heterocycles. The first-order chi connectivity index (χ1) is 48.7. The van der Waals surface area contributed by atoms with Crippen molar-refractivity contribution in [3.63, 3.8) is 0 Å². The van der Waals surface area contributed by atoms with Gasteiger partial charge in [-0.3, -0.25) is 9.97 Å². The highest BCUT2D eigenvalue weighted by Gasteiger charge is 2.49. The number of aromatic nitrogens is 2. The van der Waals surface area contributed by atoms with Crippen LogP contribution in [-0.4, -0.2) is 23.4 Å². The number of anilines is 18. The molecule has 0 bridgehead atoms. The summed E-state index contributed by atoms with van der Waals surface area (Å²) in [6.07, 6.45) is 3.81. The fourth-order valence-electron chi connectivity index (χ4n) is 15.9. The summed E-state index contributed by atoms with van der Waals surface area (Å²) in [7, 11) is 0. The molecule has 19 rings (SSSR count). The first-order valence-corrected chi connectivity index (χ1v) is 33.5. The van der Waals surface area contributed by atoms with Crippen LogP contribution in [0.2, 0.25) is 0 Å². The van der Waals surface area contributed by atoms with Crippen LogP contribution in [-0.2, 0) is 0 Å². The van der Waals surface area contributed by atoms with Gasteiger partial charge in [0.15, 0.2) is 0 Å². The minimum atomic E-state index is -0.242. The molecule has 10 heteroatoms. The number of fused-ring (bicyclic) bond motifs is 8. The van der Waals surface area contributed by atoms with Gasteiger partial charge in [0.1, 0.15) is 0 Å². The molecular weight excluding hydrogens is 1190 g/mol. The molecule has 8 nitrogen and oxygen atoms in total. The van der Waals surface area contributed by atoms with Gasteiger partial charge in [-0.05, 0) is 184 Å². The molecule has 0 unspecified atom stereocenters. The van der Waals surface area contributed by atoms with Crippen LogP contribution in [0.15, 0.2) is 364 Å². The fourth-order valence-corrected chi connectivity index (χ4v) is 15.9. The Morgan fingerprint density at radius 1 is 0.214 bits per heavy atom. The third kappa shape index (κ3) is 9.17. The normalized spacial score (nSPS) is 12.8. The number of para-hydroxylation sites is 10. The molecule has 0 saturated heterocycles. The lowest BCUT2D eigenvalue weighted by Gasteiger charge is -2.48. The van der Waals surface area contributed by atoms with Crippen molar-refractivity contribution in [1.82, 2.24) is 9.97 Å². The minimum Gasteiger partial charge on any atom is -0.311 e. The van der Waals surface area contributed by atoms with Crippen molar-refractivity contribution in [3.05, 3.63) is 364 Å². The summed E-state index contributed by atoms with van der Waals surface area (Å²) >= 11 is 0. The molecule has 0 spiro atoms. The predicted molar refractivity (Wildman–Crippen MR) is 410 cm³/mol. The first kappa shape index (κ1) is 56.6. The lowest BCUT2D eigenvalue weighted by Crippen LogP contribution is -2.65. The molecule has 4 aliphatic rings. The average Bonchev–Trinajstić information content (AvgIpc) is 0.684. The minimum absolute atomic E-state index is 0.232. The van der Waals surface area contributed by atoms with Crippen LogP contribution < -0.4 is 62.2 Å². The first-order valence-electron chi connectivity index (χ1n) is 33.5. The number of hydrogen-bond acceptors (Lipinski definition) is 8. The molecule has 0 radical (unpaired) electrons. The maximum absolute atomic E-state index is 5.14. The van der Waals surface area contributed by atoms with Crippen LogP contribution in [0.5, 0.6) is 0 Å². The molecule has 0 fully saturated rings. The fraction of sp³-hybridized carbons (Fsp3) is 0. The molecule has 458 valence electrons. The van der Waals surface area contributed by atoms with Crippen molar-refractivity contribution in [2.45, 2.75) is 0 Å². The zero-order valence-electron chi connectivity index (χ0n) is 53.4. The summed E-state index contributed by atoms with van der Waals surface area (Å²) in [6.45, 7) is -0.474. The van der Waals surface area contributed by atoms with Gasteiger partial charge in [-0.25, -0.2) is 0 Å². The van der Waals surface area contributed by atoms with Crippen molar-refractivity contribution in [2.24, 2.45) is 0 Å². The van der Waals surface area contributed by atoms with Crippen LogP contribution in [0, 0.1) is 0 Å². The third-order valence-corrected chi connectivity index (χ3v) is 19.8. The predicted octanol–water partition coefficient (Wildman–Crippen LogP) is 18.9. The maximum atomic E-state index is 5.14. The molecule has 4 aliphatic heterocycles. The molecule has 6 heterocycles. The summed E-state index contributed by atoms with van der Waals surface area (Å²) in [5, 5.41) is 0. The van der Waals surface area contributed by atoms with E-state index in [2.05, 4.69) is 369 Å². The van der Waals surface area contributed by atoms with Gasteiger partial charge >= 0.3 is 0 Å². The third-order valence-electron chi connectivity index (χ3n) is 19.8. The summed E-state index contributed by atoms with van der Waals surface area (Å²) < 4.78 is 0. The molecule has 0 aliphatic carbocycles. The molecule has 13 aromatic carbocycles. The van der Waals surface area contributed by atoms with Gasteiger partial charge in [0.2, 0.25) is 0 Å². The molecule has 0 atom stereocenters. The Labute approximate surface area is 571 Å². The molecule has 0 N–H and O–H groups in total. The van der Waals surface area contributed by atoms with E-state index in [-0.39, 0.29) is 13.4 Å². The molecule has 98 heavy (non-hydrogen) atoms. The molecular formula is C88H60B2N8. The van der Waals surface area contributed by atoms with E-state index < -0.39 is 0 Å². The van der Waals surface area contributed by atoms with Gasteiger partial charge in [0.05, 0.1) is 34.1 Å². The van der Waals surface area contributed by atoms with Gasteiger partial charge < -0.3 is 29.4 Å². The van der Waals surface area contributed by atoms with Crippen LogP contribution >= 0.6 is 0 Å². The van der Waals surface area contributed by atoms with Gasteiger partial charge in [0.25, 0.3) is 13.4 Å². The SMILES string of the molecule is c1ccc(N(c2ccccc2)c2cc3c4c(c2)N(c2ccccc2-c2ccccn2)c2ccccc2B4c2cc4c(cc2N3c2ccccc2)N(c2ccccc2-c2ccccn2)c2cc(N(c3ccccc3)c3ccccc3)cc3c2B4c2ccccc2N3c2ccccc2)cc1. The monoisotopic (exact) mass is 1250 g/mol. The largest absolute Gasteiger partial charge is 0.311 e. The van der Waals surface area contributed by atoms with Crippen molar-refractivity contribution in [1.29, 1.82) is 0 Å². The highest BCUT2D eigenvalue weighted by atomic mass is 15.2. The maximum Gasteiger partial charge on any atom is 0.252 e. The second-order valence-corrected chi connectivity index (χ2v) is 25.2. The zero-order valence-corrected chi connectivity index (χ0v) is 53.4. The lowest BCUT2D eigenvalue weighted by molar-refractivity contribution is 1.21. The number of benzene rings is 13. The average molecular weight is 1250 g/mol. The van der Waals surface area contributed by atoms with Crippen LogP contribution in [0.1, 0.15) is 0 Å². The van der Waals surface area contributed by atoms with Crippen molar-refractivity contribution in [2.75, 3.05) is 29.4 Å². The van der Waals surface area contributed by atoms with E-state index in [1.54, 1.807) is 0 Å². The second kappa shape index (κ2) is 23.5. The Morgan fingerprint density at radius 2 is 0.520 bits per heavy atom. The molecule has 0 amide bonds. The van der Waals surface area contributed by atoms with E-state index in [0.717, 1.165) is 125 Å². The smallest absolute Gasteiger partial charge is 0.252 e. The molecule has 15 aromatic rings. The Kier molecular flexibility index (Phi) is 13.6. The Morgan fingerprint density at radius 3 is 0.918 bits per heavy atom. The van der Waals surface area contributed by atoms with E-state index in [1.807, 2.05) is 24.5 Å².